The Bertz CT molecular complexity index is 483. The van der Waals surface area contributed by atoms with Crippen molar-refractivity contribution < 1.29 is 19.4 Å². The number of nitrogens with one attached hydrogen (secondary N) is 2. The molecule has 0 saturated carbocycles. The van der Waals surface area contributed by atoms with Gasteiger partial charge in [0.15, 0.2) is 6.04 Å². The van der Waals surface area contributed by atoms with Crippen LogP contribution in [0.1, 0.15) is 24.9 Å². The molecule has 1 fully saturated rings. The Kier molecular flexibility index (Phi) is 4.24. The van der Waals surface area contributed by atoms with E-state index in [4.69, 9.17) is 4.74 Å². The molecule has 3 N–H and O–H groups in total. The van der Waals surface area contributed by atoms with E-state index < -0.39 is 23.6 Å². The summed E-state index contributed by atoms with van der Waals surface area (Å²) in [4.78, 5) is 23.2. The predicted molar refractivity (Wildman–Crippen MR) is 72.3 cm³/mol. The molecule has 1 saturated heterocycles. The number of rotatable bonds is 4. The van der Waals surface area contributed by atoms with Gasteiger partial charge in [-0.25, -0.2) is 9.59 Å². The van der Waals surface area contributed by atoms with E-state index in [1.807, 2.05) is 6.92 Å². The highest BCUT2D eigenvalue weighted by Crippen LogP contribution is 2.18. The smallest absolute Gasteiger partial charge is 0.330 e. The number of carbonyl (C=O) groups is 2. The second kappa shape index (κ2) is 5.92. The summed E-state index contributed by atoms with van der Waals surface area (Å²) in [5.41, 5.74) is 0.0899. The number of amides is 2. The minimum Gasteiger partial charge on any atom is -0.479 e. The van der Waals surface area contributed by atoms with Crippen LogP contribution < -0.4 is 10.6 Å². The first-order chi connectivity index (χ1) is 9.50. The maximum Gasteiger partial charge on any atom is 0.330 e. The molecular formula is C14H18N2O4. The Morgan fingerprint density at radius 1 is 1.35 bits per heavy atom. The van der Waals surface area contributed by atoms with Crippen molar-refractivity contribution in [3.63, 3.8) is 0 Å². The van der Waals surface area contributed by atoms with E-state index in [-0.39, 0.29) is 0 Å². The van der Waals surface area contributed by atoms with Crippen LogP contribution in [0, 0.1) is 0 Å². The Morgan fingerprint density at radius 2 is 2.05 bits per heavy atom. The highest BCUT2D eigenvalue weighted by molar-refractivity contribution is 5.84. The number of hydrogen-bond donors (Lipinski definition) is 3. The van der Waals surface area contributed by atoms with E-state index >= 15 is 0 Å². The quantitative estimate of drug-likeness (QED) is 0.774. The van der Waals surface area contributed by atoms with E-state index in [9.17, 15) is 14.7 Å². The van der Waals surface area contributed by atoms with Gasteiger partial charge in [0, 0.05) is 6.61 Å². The van der Waals surface area contributed by atoms with Crippen LogP contribution in [0.3, 0.4) is 0 Å². The average molecular weight is 278 g/mol. The molecule has 1 aliphatic heterocycles. The fourth-order valence-corrected chi connectivity index (χ4v) is 2.14. The second-order valence-electron chi connectivity index (χ2n) is 5.14. The van der Waals surface area contributed by atoms with E-state index in [0.29, 0.717) is 25.2 Å². The minimum absolute atomic E-state index is 0.434. The lowest BCUT2D eigenvalue weighted by Gasteiger charge is -2.25. The number of urea groups is 1. The molecule has 0 radical (unpaired) electrons. The molecule has 0 aromatic heterocycles. The van der Waals surface area contributed by atoms with Crippen LogP contribution in [0.5, 0.6) is 0 Å². The zero-order valence-corrected chi connectivity index (χ0v) is 11.3. The zero-order chi connectivity index (χ0) is 14.6. The van der Waals surface area contributed by atoms with Gasteiger partial charge in [-0.1, -0.05) is 30.3 Å². The minimum atomic E-state index is -1.10. The van der Waals surface area contributed by atoms with Gasteiger partial charge in [-0.3, -0.25) is 0 Å². The van der Waals surface area contributed by atoms with Gasteiger partial charge in [-0.15, -0.1) is 0 Å². The molecule has 20 heavy (non-hydrogen) atoms. The van der Waals surface area contributed by atoms with Crippen molar-refractivity contribution in [3.05, 3.63) is 35.9 Å². The van der Waals surface area contributed by atoms with Crippen LogP contribution >= 0.6 is 0 Å². The molecule has 1 aliphatic rings. The number of hydrogen-bond acceptors (Lipinski definition) is 3. The molecular weight excluding hydrogens is 260 g/mol. The van der Waals surface area contributed by atoms with Crippen LogP contribution in [-0.4, -0.2) is 35.9 Å². The normalized spacial score (nSPS) is 23.1. The van der Waals surface area contributed by atoms with Crippen LogP contribution in [0.25, 0.3) is 0 Å². The largest absolute Gasteiger partial charge is 0.479 e. The standard InChI is InChI=1S/C14H18N2O4/c1-14(7-8-20-9-14)16-13(19)15-11(12(17)18)10-5-3-2-4-6-10/h2-6,11H,7-9H2,1H3,(H,17,18)(H2,15,16,19)/t11-,14?/m1/s1. The topological polar surface area (TPSA) is 87.7 Å². The molecule has 6 nitrogen and oxygen atoms in total. The lowest BCUT2D eigenvalue weighted by molar-refractivity contribution is -0.139. The molecule has 1 aromatic rings. The Hall–Kier alpha value is -2.08. The van der Waals surface area contributed by atoms with Gasteiger partial charge in [-0.05, 0) is 18.9 Å². The van der Waals surface area contributed by atoms with E-state index in [2.05, 4.69) is 10.6 Å². The summed E-state index contributed by atoms with van der Waals surface area (Å²) >= 11 is 0. The lowest BCUT2D eigenvalue weighted by Crippen LogP contribution is -2.52. The first kappa shape index (κ1) is 14.3. The molecule has 108 valence electrons. The van der Waals surface area contributed by atoms with E-state index in [0.717, 1.165) is 0 Å². The molecule has 2 rings (SSSR count). The molecule has 2 amide bonds. The number of aliphatic carboxylic acids is 1. The van der Waals surface area contributed by atoms with Crippen molar-refractivity contribution in [2.24, 2.45) is 0 Å². The van der Waals surface area contributed by atoms with Crippen molar-refractivity contribution >= 4 is 12.0 Å². The number of carboxylic acid groups (broad SMARTS) is 1. The summed E-state index contributed by atoms with van der Waals surface area (Å²) in [6.07, 6.45) is 0.712. The van der Waals surface area contributed by atoms with Gasteiger partial charge >= 0.3 is 12.0 Å². The van der Waals surface area contributed by atoms with Crippen LogP contribution in [0.2, 0.25) is 0 Å². The summed E-state index contributed by atoms with van der Waals surface area (Å²) in [6.45, 7) is 2.90. The number of carboxylic acids is 1. The van der Waals surface area contributed by atoms with Gasteiger partial charge < -0.3 is 20.5 Å². The fraction of sp³-hybridized carbons (Fsp3) is 0.429. The second-order valence-corrected chi connectivity index (χ2v) is 5.14. The number of benzene rings is 1. The van der Waals surface area contributed by atoms with Crippen molar-refractivity contribution in [3.8, 4) is 0 Å². The summed E-state index contributed by atoms with van der Waals surface area (Å²) in [6, 6.07) is 7.02. The van der Waals surface area contributed by atoms with Gasteiger partial charge in [0.25, 0.3) is 0 Å². The molecule has 1 unspecified atom stereocenters. The monoisotopic (exact) mass is 278 g/mol. The SMILES string of the molecule is CC1(NC(=O)N[C@@H](C(=O)O)c2ccccc2)CCOC1. The first-order valence-electron chi connectivity index (χ1n) is 6.44. The molecule has 6 heteroatoms. The molecule has 0 bridgehead atoms. The van der Waals surface area contributed by atoms with Crippen LogP contribution in [0.4, 0.5) is 4.79 Å². The van der Waals surface area contributed by atoms with Gasteiger partial charge in [0.2, 0.25) is 0 Å². The van der Waals surface area contributed by atoms with Crippen molar-refractivity contribution in [2.45, 2.75) is 24.9 Å². The Labute approximate surface area is 117 Å². The van der Waals surface area contributed by atoms with Crippen LogP contribution in [-0.2, 0) is 9.53 Å². The van der Waals surface area contributed by atoms with Crippen molar-refractivity contribution in [2.75, 3.05) is 13.2 Å². The van der Waals surface area contributed by atoms with E-state index in [1.54, 1.807) is 30.3 Å². The molecule has 1 heterocycles. The molecule has 0 spiro atoms. The lowest BCUT2D eigenvalue weighted by atomic mass is 10.0. The summed E-state index contributed by atoms with van der Waals surface area (Å²) in [5.74, 6) is -1.10. The van der Waals surface area contributed by atoms with Crippen molar-refractivity contribution in [1.82, 2.24) is 10.6 Å². The summed E-state index contributed by atoms with van der Waals surface area (Å²) in [7, 11) is 0. The Balaban J connectivity index is 2.02. The van der Waals surface area contributed by atoms with Gasteiger partial charge in [-0.2, -0.15) is 0 Å². The average Bonchev–Trinajstić information content (AvgIpc) is 2.83. The molecule has 0 aliphatic carbocycles. The van der Waals surface area contributed by atoms with Crippen molar-refractivity contribution in [1.29, 1.82) is 0 Å². The summed E-state index contributed by atoms with van der Waals surface area (Å²) < 4.78 is 5.24. The third kappa shape index (κ3) is 3.48. The number of ether oxygens (including phenoxy) is 1. The predicted octanol–water partition coefficient (Wildman–Crippen LogP) is 1.29. The van der Waals surface area contributed by atoms with Gasteiger partial charge in [0.05, 0.1) is 12.1 Å². The zero-order valence-electron chi connectivity index (χ0n) is 11.3. The number of carbonyl (C=O) groups excluding carboxylic acids is 1. The third-order valence-corrected chi connectivity index (χ3v) is 3.29. The third-order valence-electron chi connectivity index (χ3n) is 3.29. The van der Waals surface area contributed by atoms with Crippen LogP contribution in [0.15, 0.2) is 30.3 Å². The highest BCUT2D eigenvalue weighted by Gasteiger charge is 2.32. The molecule has 1 aromatic carbocycles. The fourth-order valence-electron chi connectivity index (χ4n) is 2.14. The summed E-state index contributed by atoms with van der Waals surface area (Å²) in [5, 5.41) is 14.5. The van der Waals surface area contributed by atoms with Gasteiger partial charge in [0.1, 0.15) is 0 Å². The maximum absolute atomic E-state index is 12.0. The maximum atomic E-state index is 12.0. The molecule has 2 atom stereocenters. The van der Waals surface area contributed by atoms with E-state index in [1.165, 1.54) is 0 Å². The Morgan fingerprint density at radius 3 is 2.60 bits per heavy atom. The first-order valence-corrected chi connectivity index (χ1v) is 6.44. The highest BCUT2D eigenvalue weighted by atomic mass is 16.5.